The summed E-state index contributed by atoms with van der Waals surface area (Å²) in [6.45, 7) is 2.23. The van der Waals surface area contributed by atoms with Crippen molar-refractivity contribution < 1.29 is 14.3 Å². The van der Waals surface area contributed by atoms with E-state index in [1.54, 1.807) is 7.11 Å². The van der Waals surface area contributed by atoms with Gasteiger partial charge in [-0.15, -0.1) is 0 Å². The molecule has 3 heteroatoms. The highest BCUT2D eigenvalue weighted by Gasteiger charge is 2.02. The minimum Gasteiger partial charge on any atom is -0.469 e. The molecule has 0 aliphatic heterocycles. The summed E-state index contributed by atoms with van der Waals surface area (Å²) in [4.78, 5) is 11.0. The Bertz CT molecular complexity index is 321. The van der Waals surface area contributed by atoms with Crippen molar-refractivity contribution in [3.63, 3.8) is 0 Å². The number of carbonyl (C=O) groups is 1. The largest absolute Gasteiger partial charge is 0.469 e. The van der Waals surface area contributed by atoms with Crippen LogP contribution >= 0.6 is 0 Å². The van der Waals surface area contributed by atoms with Gasteiger partial charge in [0.1, 0.15) is 0 Å². The van der Waals surface area contributed by atoms with Crippen molar-refractivity contribution in [2.24, 2.45) is 0 Å². The van der Waals surface area contributed by atoms with Crippen LogP contribution in [0.1, 0.15) is 77.6 Å². The van der Waals surface area contributed by atoms with E-state index in [2.05, 4.69) is 36.0 Å². The number of unbranched alkanes of at least 4 members (excludes halogenated alkanes) is 7. The smallest absolute Gasteiger partial charge is 0.305 e. The molecule has 0 saturated carbocycles. The summed E-state index contributed by atoms with van der Waals surface area (Å²) in [5, 5.41) is 0. The van der Waals surface area contributed by atoms with E-state index in [-0.39, 0.29) is 12.1 Å². The Kier molecular flexibility index (Phi) is 16.4. The molecule has 0 aromatic rings. The SMILES string of the molecule is CCCCC/C=C/C=C/C(CCCCCCCC(=O)OC)OC. The second-order valence-electron chi connectivity index (χ2n) is 5.97. The number of hydrogen-bond donors (Lipinski definition) is 0. The van der Waals surface area contributed by atoms with E-state index in [4.69, 9.17) is 4.74 Å². The number of hydrogen-bond acceptors (Lipinski definition) is 3. The molecule has 0 saturated heterocycles. The van der Waals surface area contributed by atoms with Crippen LogP contribution in [0.25, 0.3) is 0 Å². The molecule has 0 aliphatic rings. The molecule has 0 bridgehead atoms. The summed E-state index contributed by atoms with van der Waals surface area (Å²) in [5.41, 5.74) is 0. The van der Waals surface area contributed by atoms with E-state index < -0.39 is 0 Å². The maximum atomic E-state index is 11.0. The molecule has 0 radical (unpaired) electrons. The summed E-state index contributed by atoms with van der Waals surface area (Å²) >= 11 is 0. The third-order valence-corrected chi connectivity index (χ3v) is 3.95. The van der Waals surface area contributed by atoms with Gasteiger partial charge in [0.2, 0.25) is 0 Å². The van der Waals surface area contributed by atoms with Gasteiger partial charge in [-0.3, -0.25) is 4.79 Å². The molecule has 0 aliphatic carbocycles. The summed E-state index contributed by atoms with van der Waals surface area (Å²) in [6, 6.07) is 0. The molecular weight excluding hydrogens is 288 g/mol. The molecule has 0 spiro atoms. The predicted molar refractivity (Wildman–Crippen MR) is 97.6 cm³/mol. The minimum absolute atomic E-state index is 0.0997. The Morgan fingerprint density at radius 3 is 2.39 bits per heavy atom. The average Bonchev–Trinajstić information content (AvgIpc) is 2.57. The lowest BCUT2D eigenvalue weighted by Crippen LogP contribution is -2.06. The molecule has 0 rings (SSSR count). The van der Waals surface area contributed by atoms with Crippen LogP contribution in [0.15, 0.2) is 24.3 Å². The summed E-state index contributed by atoms with van der Waals surface area (Å²) in [5.74, 6) is -0.0997. The Morgan fingerprint density at radius 2 is 1.70 bits per heavy atom. The van der Waals surface area contributed by atoms with E-state index in [1.165, 1.54) is 52.1 Å². The molecule has 134 valence electrons. The van der Waals surface area contributed by atoms with Gasteiger partial charge >= 0.3 is 5.97 Å². The summed E-state index contributed by atoms with van der Waals surface area (Å²) < 4.78 is 10.1. The second-order valence-corrected chi connectivity index (χ2v) is 5.97. The van der Waals surface area contributed by atoms with E-state index >= 15 is 0 Å². The number of carbonyl (C=O) groups excluding carboxylic acids is 1. The Morgan fingerprint density at radius 1 is 0.957 bits per heavy atom. The van der Waals surface area contributed by atoms with E-state index in [9.17, 15) is 4.79 Å². The minimum atomic E-state index is -0.0997. The first kappa shape index (κ1) is 21.9. The van der Waals surface area contributed by atoms with Gasteiger partial charge in [0.05, 0.1) is 13.2 Å². The van der Waals surface area contributed by atoms with Gasteiger partial charge in [0.25, 0.3) is 0 Å². The second kappa shape index (κ2) is 17.3. The summed E-state index contributed by atoms with van der Waals surface area (Å²) in [6.07, 6.45) is 21.1. The predicted octanol–water partition coefficient (Wildman–Crippen LogP) is 5.60. The number of methoxy groups -OCH3 is 2. The fraction of sp³-hybridized carbons (Fsp3) is 0.750. The zero-order chi connectivity index (χ0) is 17.2. The third kappa shape index (κ3) is 15.6. The lowest BCUT2D eigenvalue weighted by molar-refractivity contribution is -0.140. The molecule has 0 N–H and O–H groups in total. The van der Waals surface area contributed by atoms with Crippen LogP contribution in [-0.2, 0) is 14.3 Å². The van der Waals surface area contributed by atoms with E-state index in [0.717, 1.165) is 19.3 Å². The van der Waals surface area contributed by atoms with Crippen molar-refractivity contribution in [1.82, 2.24) is 0 Å². The van der Waals surface area contributed by atoms with Crippen molar-refractivity contribution in [2.75, 3.05) is 14.2 Å². The Balaban J connectivity index is 3.59. The molecule has 0 fully saturated rings. The zero-order valence-electron chi connectivity index (χ0n) is 15.4. The molecule has 0 amide bonds. The molecule has 0 aromatic carbocycles. The summed E-state index contributed by atoms with van der Waals surface area (Å²) in [7, 11) is 3.22. The van der Waals surface area contributed by atoms with Gasteiger partial charge in [-0.05, 0) is 25.7 Å². The lowest BCUT2D eigenvalue weighted by atomic mass is 10.1. The Hall–Kier alpha value is -1.09. The average molecular weight is 325 g/mol. The first-order chi connectivity index (χ1) is 11.2. The maximum absolute atomic E-state index is 11.0. The van der Waals surface area contributed by atoms with Crippen LogP contribution in [0.4, 0.5) is 0 Å². The van der Waals surface area contributed by atoms with Crippen molar-refractivity contribution in [3.8, 4) is 0 Å². The van der Waals surface area contributed by atoms with Crippen LogP contribution in [0.5, 0.6) is 0 Å². The molecule has 0 heterocycles. The van der Waals surface area contributed by atoms with Crippen LogP contribution < -0.4 is 0 Å². The van der Waals surface area contributed by atoms with Gasteiger partial charge in [0, 0.05) is 13.5 Å². The molecule has 3 nitrogen and oxygen atoms in total. The first-order valence-electron chi connectivity index (χ1n) is 9.17. The quantitative estimate of drug-likeness (QED) is 0.223. The van der Waals surface area contributed by atoms with Crippen molar-refractivity contribution in [1.29, 1.82) is 0 Å². The number of ether oxygens (including phenoxy) is 2. The molecule has 0 aromatic heterocycles. The number of rotatable bonds is 15. The molecule has 1 unspecified atom stereocenters. The van der Waals surface area contributed by atoms with Gasteiger partial charge in [-0.25, -0.2) is 0 Å². The van der Waals surface area contributed by atoms with E-state index in [0.29, 0.717) is 6.42 Å². The maximum Gasteiger partial charge on any atom is 0.305 e. The van der Waals surface area contributed by atoms with Crippen LogP contribution in [0.2, 0.25) is 0 Å². The first-order valence-corrected chi connectivity index (χ1v) is 9.17. The van der Waals surface area contributed by atoms with Gasteiger partial charge in [-0.2, -0.15) is 0 Å². The van der Waals surface area contributed by atoms with Crippen molar-refractivity contribution in [3.05, 3.63) is 24.3 Å². The molecular formula is C20H36O3. The molecule has 1 atom stereocenters. The van der Waals surface area contributed by atoms with Crippen molar-refractivity contribution >= 4 is 5.97 Å². The fourth-order valence-electron chi connectivity index (χ4n) is 2.41. The van der Waals surface area contributed by atoms with Gasteiger partial charge < -0.3 is 9.47 Å². The monoisotopic (exact) mass is 324 g/mol. The fourth-order valence-corrected chi connectivity index (χ4v) is 2.41. The third-order valence-electron chi connectivity index (χ3n) is 3.95. The Labute approximate surface area is 143 Å². The van der Waals surface area contributed by atoms with E-state index in [1.807, 2.05) is 0 Å². The highest BCUT2D eigenvalue weighted by molar-refractivity contribution is 5.68. The zero-order valence-corrected chi connectivity index (χ0v) is 15.4. The van der Waals surface area contributed by atoms with Gasteiger partial charge in [-0.1, -0.05) is 69.8 Å². The highest BCUT2D eigenvalue weighted by atomic mass is 16.5. The number of allylic oxidation sites excluding steroid dienone is 3. The van der Waals surface area contributed by atoms with Crippen LogP contribution in [-0.4, -0.2) is 26.3 Å². The standard InChI is InChI=1S/C20H36O3/c1-4-5-6-7-8-10-13-16-19(22-2)17-14-11-9-12-15-18-20(21)23-3/h8,10,13,16,19H,4-7,9,11-12,14-15,17-18H2,1-3H3/b10-8+,16-13+. The van der Waals surface area contributed by atoms with Gasteiger partial charge in [0.15, 0.2) is 0 Å². The van der Waals surface area contributed by atoms with Crippen molar-refractivity contribution in [2.45, 2.75) is 83.7 Å². The molecule has 23 heavy (non-hydrogen) atoms. The van der Waals surface area contributed by atoms with Crippen LogP contribution in [0.3, 0.4) is 0 Å². The number of esters is 1. The lowest BCUT2D eigenvalue weighted by Gasteiger charge is -2.10. The normalized spacial score (nSPS) is 13.0. The topological polar surface area (TPSA) is 35.5 Å². The highest BCUT2D eigenvalue weighted by Crippen LogP contribution is 2.11. The van der Waals surface area contributed by atoms with Crippen LogP contribution in [0, 0.1) is 0 Å².